The maximum absolute atomic E-state index is 12.2. The third-order valence-electron chi connectivity index (χ3n) is 3.75. The van der Waals surface area contributed by atoms with E-state index in [2.05, 4.69) is 12.2 Å². The highest BCUT2D eigenvalue weighted by atomic mass is 16.1. The standard InChI is InChI=1S/C14H21N3O/c1-9-4-2-3-5-13(9)17-14(18)11-7-6-10(15)8-12(11)16/h6-9,13H,2-5,15-16H2,1H3,(H,17,18). The molecule has 1 aliphatic rings. The first-order valence-corrected chi connectivity index (χ1v) is 6.54. The molecule has 1 amide bonds. The number of nitrogen functional groups attached to an aromatic ring is 2. The number of nitrogens with two attached hydrogens (primary N) is 2. The highest BCUT2D eigenvalue weighted by molar-refractivity contribution is 5.99. The van der Waals surface area contributed by atoms with E-state index in [1.165, 1.54) is 19.3 Å². The van der Waals surface area contributed by atoms with Crippen LogP contribution in [0.2, 0.25) is 0 Å². The van der Waals surface area contributed by atoms with Gasteiger partial charge in [0.2, 0.25) is 0 Å². The Hall–Kier alpha value is -1.71. The minimum Gasteiger partial charge on any atom is -0.399 e. The molecule has 1 aromatic carbocycles. The maximum Gasteiger partial charge on any atom is 0.253 e. The van der Waals surface area contributed by atoms with Crippen LogP contribution in [0.5, 0.6) is 0 Å². The Morgan fingerprint density at radius 1 is 1.28 bits per heavy atom. The van der Waals surface area contributed by atoms with Crippen molar-refractivity contribution >= 4 is 17.3 Å². The summed E-state index contributed by atoms with van der Waals surface area (Å²) in [6.07, 6.45) is 4.69. The molecule has 18 heavy (non-hydrogen) atoms. The summed E-state index contributed by atoms with van der Waals surface area (Å²) in [5.41, 5.74) is 13.0. The van der Waals surface area contributed by atoms with Crippen LogP contribution in [0.3, 0.4) is 0 Å². The van der Waals surface area contributed by atoms with E-state index >= 15 is 0 Å². The normalized spacial score (nSPS) is 23.6. The molecular weight excluding hydrogens is 226 g/mol. The topological polar surface area (TPSA) is 81.1 Å². The quantitative estimate of drug-likeness (QED) is 0.700. The summed E-state index contributed by atoms with van der Waals surface area (Å²) in [5.74, 6) is 0.448. The van der Waals surface area contributed by atoms with Gasteiger partial charge in [-0.25, -0.2) is 0 Å². The number of hydrogen-bond acceptors (Lipinski definition) is 3. The molecule has 0 saturated heterocycles. The van der Waals surface area contributed by atoms with Crippen molar-refractivity contribution in [3.63, 3.8) is 0 Å². The van der Waals surface area contributed by atoms with Crippen LogP contribution in [0.1, 0.15) is 43.0 Å². The van der Waals surface area contributed by atoms with Crippen molar-refractivity contribution in [3.05, 3.63) is 23.8 Å². The second-order valence-corrected chi connectivity index (χ2v) is 5.19. The van der Waals surface area contributed by atoms with Gasteiger partial charge in [-0.1, -0.05) is 19.8 Å². The number of carbonyl (C=O) groups excluding carboxylic acids is 1. The van der Waals surface area contributed by atoms with Crippen molar-refractivity contribution < 1.29 is 4.79 Å². The summed E-state index contributed by atoms with van der Waals surface area (Å²) in [4.78, 5) is 12.2. The van der Waals surface area contributed by atoms with Gasteiger partial charge in [0.05, 0.1) is 5.56 Å². The van der Waals surface area contributed by atoms with Crippen molar-refractivity contribution in [1.82, 2.24) is 5.32 Å². The Morgan fingerprint density at radius 2 is 2.00 bits per heavy atom. The molecular formula is C14H21N3O. The molecule has 98 valence electrons. The van der Waals surface area contributed by atoms with Gasteiger partial charge in [-0.05, 0) is 37.0 Å². The summed E-state index contributed by atoms with van der Waals surface area (Å²) in [6.45, 7) is 2.19. The van der Waals surface area contributed by atoms with Crippen molar-refractivity contribution in [2.24, 2.45) is 5.92 Å². The molecule has 0 aliphatic heterocycles. The first kappa shape index (κ1) is 12.7. The molecule has 1 aromatic rings. The van der Waals surface area contributed by atoms with Crippen LogP contribution < -0.4 is 16.8 Å². The second-order valence-electron chi connectivity index (χ2n) is 5.19. The summed E-state index contributed by atoms with van der Waals surface area (Å²) in [6, 6.07) is 5.28. The van der Waals surface area contributed by atoms with Gasteiger partial charge in [0.1, 0.15) is 0 Å². The third-order valence-corrected chi connectivity index (χ3v) is 3.75. The Balaban J connectivity index is 2.07. The lowest BCUT2D eigenvalue weighted by Gasteiger charge is -2.29. The van der Waals surface area contributed by atoms with E-state index in [1.54, 1.807) is 18.2 Å². The van der Waals surface area contributed by atoms with Crippen LogP contribution in [-0.2, 0) is 0 Å². The summed E-state index contributed by atoms with van der Waals surface area (Å²) in [7, 11) is 0. The molecule has 0 radical (unpaired) electrons. The van der Waals surface area contributed by atoms with E-state index in [-0.39, 0.29) is 11.9 Å². The number of hydrogen-bond donors (Lipinski definition) is 3. The Morgan fingerprint density at radius 3 is 2.67 bits per heavy atom. The maximum atomic E-state index is 12.2. The molecule has 2 unspecified atom stereocenters. The monoisotopic (exact) mass is 247 g/mol. The average molecular weight is 247 g/mol. The molecule has 1 saturated carbocycles. The number of amides is 1. The average Bonchev–Trinajstić information content (AvgIpc) is 2.32. The Bertz CT molecular complexity index is 445. The molecule has 5 N–H and O–H groups in total. The van der Waals surface area contributed by atoms with Crippen molar-refractivity contribution in [2.75, 3.05) is 11.5 Å². The molecule has 1 fully saturated rings. The summed E-state index contributed by atoms with van der Waals surface area (Å²) in [5, 5.41) is 3.09. The lowest BCUT2D eigenvalue weighted by Crippen LogP contribution is -2.41. The van der Waals surface area contributed by atoms with E-state index in [0.717, 1.165) is 6.42 Å². The fourth-order valence-electron chi connectivity index (χ4n) is 2.56. The highest BCUT2D eigenvalue weighted by Crippen LogP contribution is 2.24. The molecule has 0 bridgehead atoms. The molecule has 2 atom stereocenters. The lowest BCUT2D eigenvalue weighted by molar-refractivity contribution is 0.0911. The summed E-state index contributed by atoms with van der Waals surface area (Å²) < 4.78 is 0. The Kier molecular flexibility index (Phi) is 3.75. The van der Waals surface area contributed by atoms with Crippen LogP contribution in [0, 0.1) is 5.92 Å². The number of nitrogens with one attached hydrogen (secondary N) is 1. The lowest BCUT2D eigenvalue weighted by atomic mass is 9.86. The SMILES string of the molecule is CC1CCCCC1NC(=O)c1ccc(N)cc1N. The van der Waals surface area contributed by atoms with Gasteiger partial charge in [-0.15, -0.1) is 0 Å². The number of benzene rings is 1. The largest absolute Gasteiger partial charge is 0.399 e. The van der Waals surface area contributed by atoms with E-state index in [9.17, 15) is 4.79 Å². The minimum absolute atomic E-state index is 0.0914. The van der Waals surface area contributed by atoms with Gasteiger partial charge in [-0.2, -0.15) is 0 Å². The smallest absolute Gasteiger partial charge is 0.253 e. The van der Waals surface area contributed by atoms with Crippen LogP contribution >= 0.6 is 0 Å². The predicted molar refractivity (Wildman–Crippen MR) is 74.2 cm³/mol. The van der Waals surface area contributed by atoms with Gasteiger partial charge in [0, 0.05) is 17.4 Å². The number of carbonyl (C=O) groups is 1. The van der Waals surface area contributed by atoms with Gasteiger partial charge >= 0.3 is 0 Å². The molecule has 4 heteroatoms. The van der Waals surface area contributed by atoms with Gasteiger partial charge < -0.3 is 16.8 Å². The second kappa shape index (κ2) is 5.29. The van der Waals surface area contributed by atoms with E-state index in [1.807, 2.05) is 0 Å². The number of anilines is 2. The van der Waals surface area contributed by atoms with Crippen molar-refractivity contribution in [2.45, 2.75) is 38.6 Å². The van der Waals surface area contributed by atoms with Crippen LogP contribution in [0.15, 0.2) is 18.2 Å². The van der Waals surface area contributed by atoms with Crippen LogP contribution in [-0.4, -0.2) is 11.9 Å². The molecule has 0 aromatic heterocycles. The van der Waals surface area contributed by atoms with Crippen LogP contribution in [0.4, 0.5) is 11.4 Å². The van der Waals surface area contributed by atoms with E-state index in [4.69, 9.17) is 11.5 Å². The fraction of sp³-hybridized carbons (Fsp3) is 0.500. The minimum atomic E-state index is -0.0914. The number of rotatable bonds is 2. The molecule has 0 heterocycles. The molecule has 0 spiro atoms. The fourth-order valence-corrected chi connectivity index (χ4v) is 2.56. The zero-order valence-electron chi connectivity index (χ0n) is 10.8. The molecule has 1 aliphatic carbocycles. The first-order chi connectivity index (χ1) is 8.58. The molecule has 4 nitrogen and oxygen atoms in total. The van der Waals surface area contributed by atoms with E-state index in [0.29, 0.717) is 22.9 Å². The van der Waals surface area contributed by atoms with Gasteiger partial charge in [-0.3, -0.25) is 4.79 Å². The third kappa shape index (κ3) is 2.75. The first-order valence-electron chi connectivity index (χ1n) is 6.54. The summed E-state index contributed by atoms with van der Waals surface area (Å²) >= 11 is 0. The molecule has 2 rings (SSSR count). The van der Waals surface area contributed by atoms with Crippen molar-refractivity contribution in [1.29, 1.82) is 0 Å². The van der Waals surface area contributed by atoms with Gasteiger partial charge in [0.15, 0.2) is 0 Å². The zero-order chi connectivity index (χ0) is 13.1. The highest BCUT2D eigenvalue weighted by Gasteiger charge is 2.23. The van der Waals surface area contributed by atoms with Crippen LogP contribution in [0.25, 0.3) is 0 Å². The van der Waals surface area contributed by atoms with E-state index < -0.39 is 0 Å². The van der Waals surface area contributed by atoms with Gasteiger partial charge in [0.25, 0.3) is 5.91 Å². The Labute approximate surface area is 108 Å². The predicted octanol–water partition coefficient (Wildman–Crippen LogP) is 2.16. The zero-order valence-corrected chi connectivity index (χ0v) is 10.8. The van der Waals surface area contributed by atoms with Crippen molar-refractivity contribution in [3.8, 4) is 0 Å².